The Bertz CT molecular complexity index is 917. The van der Waals surface area contributed by atoms with Gasteiger partial charge in [0.1, 0.15) is 5.82 Å². The molecule has 0 unspecified atom stereocenters. The smallest absolute Gasteiger partial charge is 0.368 e. The van der Waals surface area contributed by atoms with Crippen LogP contribution in [0.2, 0.25) is 0 Å². The van der Waals surface area contributed by atoms with Crippen molar-refractivity contribution in [2.24, 2.45) is 0 Å². The van der Waals surface area contributed by atoms with E-state index < -0.39 is 33.6 Å². The Balaban J connectivity index is 1.86. The van der Waals surface area contributed by atoms with Gasteiger partial charge in [-0.3, -0.25) is 0 Å². The Labute approximate surface area is 155 Å². The fourth-order valence-electron chi connectivity index (χ4n) is 3.26. The third-order valence-electron chi connectivity index (χ3n) is 4.52. The van der Waals surface area contributed by atoms with E-state index in [1.807, 2.05) is 0 Å². The van der Waals surface area contributed by atoms with Crippen molar-refractivity contribution in [2.45, 2.75) is 24.0 Å². The summed E-state index contributed by atoms with van der Waals surface area (Å²) in [6.45, 7) is 1.82. The van der Waals surface area contributed by atoms with Gasteiger partial charge in [-0.1, -0.05) is 18.2 Å². The van der Waals surface area contributed by atoms with Crippen LogP contribution in [0.5, 0.6) is 0 Å². The van der Waals surface area contributed by atoms with E-state index in [0.717, 1.165) is 12.1 Å². The Hall–Kier alpha value is -2.13. The van der Waals surface area contributed by atoms with Gasteiger partial charge in [0, 0.05) is 31.4 Å². The predicted octanol–water partition coefficient (Wildman–Crippen LogP) is 3.74. The van der Waals surface area contributed by atoms with Gasteiger partial charge in [-0.2, -0.15) is 17.5 Å². The third kappa shape index (κ3) is 3.93. The molecule has 2 aromatic rings. The van der Waals surface area contributed by atoms with Crippen molar-refractivity contribution in [2.75, 3.05) is 24.5 Å². The zero-order valence-electron chi connectivity index (χ0n) is 14.4. The molecule has 0 spiro atoms. The minimum Gasteiger partial charge on any atom is -0.368 e. The standard InChI is InChI=1S/C18H18F4N2O2S/c1-13-12-23(17-8-7-14(19)11-16(17)18(20,21)22)9-10-24(13)27(25,26)15-5-3-2-4-6-15/h2-8,11,13H,9-10,12H2,1H3/t13-/m1/s1. The number of alkyl halides is 3. The van der Waals surface area contributed by atoms with Gasteiger partial charge < -0.3 is 4.90 Å². The van der Waals surface area contributed by atoms with Gasteiger partial charge in [-0.25, -0.2) is 12.8 Å². The minimum absolute atomic E-state index is 0.0348. The van der Waals surface area contributed by atoms with E-state index in [1.54, 1.807) is 25.1 Å². The summed E-state index contributed by atoms with van der Waals surface area (Å²) in [6.07, 6.45) is -4.70. The van der Waals surface area contributed by atoms with Crippen LogP contribution in [0.1, 0.15) is 12.5 Å². The predicted molar refractivity (Wildman–Crippen MR) is 93.4 cm³/mol. The first-order chi connectivity index (χ1) is 12.6. The van der Waals surface area contributed by atoms with E-state index in [1.165, 1.54) is 21.3 Å². The molecule has 146 valence electrons. The van der Waals surface area contributed by atoms with Crippen molar-refractivity contribution < 1.29 is 26.0 Å². The fraction of sp³-hybridized carbons (Fsp3) is 0.333. The summed E-state index contributed by atoms with van der Waals surface area (Å²) in [5.41, 5.74) is -1.21. The van der Waals surface area contributed by atoms with Crippen molar-refractivity contribution in [3.8, 4) is 0 Å². The number of nitrogens with zero attached hydrogens (tertiary/aromatic N) is 2. The second-order valence-corrected chi connectivity index (χ2v) is 8.27. The number of hydrogen-bond acceptors (Lipinski definition) is 3. The van der Waals surface area contributed by atoms with Crippen molar-refractivity contribution in [1.82, 2.24) is 4.31 Å². The topological polar surface area (TPSA) is 40.6 Å². The summed E-state index contributed by atoms with van der Waals surface area (Å²) in [6, 6.07) is 9.88. The molecule has 0 bridgehead atoms. The number of benzene rings is 2. The number of hydrogen-bond donors (Lipinski definition) is 0. The first-order valence-corrected chi connectivity index (χ1v) is 9.73. The average molecular weight is 402 g/mol. The number of halogens is 4. The highest BCUT2D eigenvalue weighted by Gasteiger charge is 2.38. The van der Waals surface area contributed by atoms with Crippen LogP contribution in [0.15, 0.2) is 53.4 Å². The largest absolute Gasteiger partial charge is 0.418 e. The molecule has 1 atom stereocenters. The molecule has 4 nitrogen and oxygen atoms in total. The van der Waals surface area contributed by atoms with E-state index in [-0.39, 0.29) is 30.2 Å². The molecule has 1 heterocycles. The Morgan fingerprint density at radius 3 is 2.30 bits per heavy atom. The van der Waals surface area contributed by atoms with Gasteiger partial charge in [0.2, 0.25) is 10.0 Å². The zero-order valence-corrected chi connectivity index (χ0v) is 15.3. The Morgan fingerprint density at radius 2 is 1.70 bits per heavy atom. The average Bonchev–Trinajstić information content (AvgIpc) is 2.61. The van der Waals surface area contributed by atoms with E-state index in [4.69, 9.17) is 0 Å². The first-order valence-electron chi connectivity index (χ1n) is 8.29. The second-order valence-electron chi connectivity index (χ2n) is 6.38. The van der Waals surface area contributed by atoms with Crippen LogP contribution in [0.3, 0.4) is 0 Å². The summed E-state index contributed by atoms with van der Waals surface area (Å²) in [4.78, 5) is 1.59. The quantitative estimate of drug-likeness (QED) is 0.735. The monoisotopic (exact) mass is 402 g/mol. The lowest BCUT2D eigenvalue weighted by molar-refractivity contribution is -0.137. The summed E-state index contributed by atoms with van der Waals surface area (Å²) in [5, 5.41) is 0. The highest BCUT2D eigenvalue weighted by atomic mass is 32.2. The second kappa shape index (κ2) is 7.12. The maximum absolute atomic E-state index is 13.3. The molecule has 0 aromatic heterocycles. The fourth-order valence-corrected chi connectivity index (χ4v) is 4.89. The van der Waals surface area contributed by atoms with E-state index in [2.05, 4.69) is 0 Å². The third-order valence-corrected chi connectivity index (χ3v) is 6.55. The van der Waals surface area contributed by atoms with Crippen molar-refractivity contribution >= 4 is 15.7 Å². The first kappa shape index (κ1) is 19.6. The van der Waals surface area contributed by atoms with Crippen LogP contribution < -0.4 is 4.90 Å². The van der Waals surface area contributed by atoms with Gasteiger partial charge in [-0.05, 0) is 37.3 Å². The van der Waals surface area contributed by atoms with E-state index in [0.29, 0.717) is 6.07 Å². The molecule has 0 amide bonds. The van der Waals surface area contributed by atoms with Crippen LogP contribution in [0.4, 0.5) is 23.2 Å². The maximum atomic E-state index is 13.3. The van der Waals surface area contributed by atoms with Gasteiger partial charge in [-0.15, -0.1) is 0 Å². The Morgan fingerprint density at radius 1 is 1.04 bits per heavy atom. The van der Waals surface area contributed by atoms with Crippen LogP contribution in [0, 0.1) is 5.82 Å². The molecular formula is C18H18F4N2O2S. The van der Waals surface area contributed by atoms with Crippen LogP contribution in [-0.4, -0.2) is 38.4 Å². The molecule has 1 saturated heterocycles. The van der Waals surface area contributed by atoms with Crippen molar-refractivity contribution in [3.05, 3.63) is 59.9 Å². The molecular weight excluding hydrogens is 384 g/mol. The van der Waals surface area contributed by atoms with Gasteiger partial charge in [0.05, 0.1) is 10.5 Å². The minimum atomic E-state index is -4.70. The summed E-state index contributed by atoms with van der Waals surface area (Å²) in [5.74, 6) is -0.968. The number of piperazine rings is 1. The number of anilines is 1. The normalized spacial score (nSPS) is 19.3. The molecule has 27 heavy (non-hydrogen) atoms. The summed E-state index contributed by atoms with van der Waals surface area (Å²) >= 11 is 0. The van der Waals surface area contributed by atoms with Gasteiger partial charge in [0.15, 0.2) is 0 Å². The molecule has 1 aliphatic heterocycles. The SMILES string of the molecule is C[C@@H]1CN(c2ccc(F)cc2C(F)(F)F)CCN1S(=O)(=O)c1ccccc1. The molecule has 0 N–H and O–H groups in total. The molecule has 0 saturated carbocycles. The van der Waals surface area contributed by atoms with Gasteiger partial charge >= 0.3 is 6.18 Å². The molecule has 0 radical (unpaired) electrons. The lowest BCUT2D eigenvalue weighted by Gasteiger charge is -2.40. The molecule has 3 rings (SSSR count). The molecule has 1 aliphatic rings. The van der Waals surface area contributed by atoms with E-state index >= 15 is 0 Å². The Kier molecular flexibility index (Phi) is 5.18. The molecule has 1 fully saturated rings. The highest BCUT2D eigenvalue weighted by Crippen LogP contribution is 2.38. The van der Waals surface area contributed by atoms with Crippen LogP contribution in [-0.2, 0) is 16.2 Å². The number of sulfonamides is 1. The molecule has 2 aromatic carbocycles. The molecule has 9 heteroatoms. The number of rotatable bonds is 3. The lowest BCUT2D eigenvalue weighted by Crippen LogP contribution is -2.54. The highest BCUT2D eigenvalue weighted by molar-refractivity contribution is 7.89. The zero-order chi connectivity index (χ0) is 19.8. The van der Waals surface area contributed by atoms with Crippen LogP contribution >= 0.6 is 0 Å². The van der Waals surface area contributed by atoms with Crippen molar-refractivity contribution in [1.29, 1.82) is 0 Å². The summed E-state index contributed by atoms with van der Waals surface area (Å²) in [7, 11) is -3.74. The molecule has 0 aliphatic carbocycles. The van der Waals surface area contributed by atoms with E-state index in [9.17, 15) is 26.0 Å². The van der Waals surface area contributed by atoms with Crippen molar-refractivity contribution in [3.63, 3.8) is 0 Å². The maximum Gasteiger partial charge on any atom is 0.418 e. The lowest BCUT2D eigenvalue weighted by atomic mass is 10.1. The van der Waals surface area contributed by atoms with Gasteiger partial charge in [0.25, 0.3) is 0 Å². The van der Waals surface area contributed by atoms with Crippen LogP contribution in [0.25, 0.3) is 0 Å². The summed E-state index contributed by atoms with van der Waals surface area (Å²) < 4.78 is 80.0.